The number of amides is 1. The molecule has 0 spiro atoms. The summed E-state index contributed by atoms with van der Waals surface area (Å²) >= 11 is 0. The zero-order valence-corrected chi connectivity index (χ0v) is 14.3. The number of benzene rings is 2. The van der Waals surface area contributed by atoms with E-state index in [4.69, 9.17) is 4.74 Å². The first kappa shape index (κ1) is 18.6. The first-order valence-electron chi connectivity index (χ1n) is 8.35. The maximum absolute atomic E-state index is 13.1. The van der Waals surface area contributed by atoms with Gasteiger partial charge in [-0.25, -0.2) is 4.39 Å². The number of ether oxygens (including phenoxy) is 1. The maximum Gasteiger partial charge on any atom is 0.310 e. The van der Waals surface area contributed by atoms with Crippen molar-refractivity contribution in [3.63, 3.8) is 0 Å². The van der Waals surface area contributed by atoms with E-state index in [1.807, 2.05) is 24.3 Å². The summed E-state index contributed by atoms with van der Waals surface area (Å²) in [5.74, 6) is -1.39. The first-order chi connectivity index (χ1) is 12.1. The molecule has 0 aliphatic rings. The van der Waals surface area contributed by atoms with E-state index in [2.05, 4.69) is 12.2 Å². The number of anilines is 1. The van der Waals surface area contributed by atoms with Crippen LogP contribution in [-0.2, 0) is 27.2 Å². The van der Waals surface area contributed by atoms with Gasteiger partial charge in [0.2, 0.25) is 0 Å². The molecule has 0 saturated heterocycles. The van der Waals surface area contributed by atoms with Crippen molar-refractivity contribution in [3.05, 3.63) is 65.5 Å². The summed E-state index contributed by atoms with van der Waals surface area (Å²) in [5.41, 5.74) is 2.39. The third-order valence-corrected chi connectivity index (χ3v) is 3.66. The average Bonchev–Trinajstić information content (AvgIpc) is 2.59. The zero-order chi connectivity index (χ0) is 18.1. The normalized spacial score (nSPS) is 10.3. The van der Waals surface area contributed by atoms with Crippen LogP contribution in [0.25, 0.3) is 0 Å². The lowest BCUT2D eigenvalue weighted by atomic mass is 10.1. The molecular weight excluding hydrogens is 321 g/mol. The van der Waals surface area contributed by atoms with Crippen molar-refractivity contribution in [2.45, 2.75) is 32.6 Å². The van der Waals surface area contributed by atoms with Crippen molar-refractivity contribution in [1.82, 2.24) is 0 Å². The second-order valence-electron chi connectivity index (χ2n) is 5.82. The summed E-state index contributed by atoms with van der Waals surface area (Å²) in [5, 5.41) is 2.68. The fourth-order valence-corrected chi connectivity index (χ4v) is 2.34. The largest absolute Gasteiger partial charge is 0.455 e. The van der Waals surface area contributed by atoms with Gasteiger partial charge >= 0.3 is 5.97 Å². The van der Waals surface area contributed by atoms with Gasteiger partial charge < -0.3 is 10.1 Å². The second-order valence-corrected chi connectivity index (χ2v) is 5.82. The molecule has 0 fully saturated rings. The quantitative estimate of drug-likeness (QED) is 0.740. The second kappa shape index (κ2) is 9.57. The van der Waals surface area contributed by atoms with E-state index in [1.54, 1.807) is 6.07 Å². The van der Waals surface area contributed by atoms with E-state index in [0.29, 0.717) is 11.3 Å². The molecule has 0 radical (unpaired) electrons. The predicted molar refractivity (Wildman–Crippen MR) is 94.7 cm³/mol. The van der Waals surface area contributed by atoms with E-state index in [-0.39, 0.29) is 13.0 Å². The molecule has 132 valence electrons. The number of halogens is 1. The minimum Gasteiger partial charge on any atom is -0.455 e. The summed E-state index contributed by atoms with van der Waals surface area (Å²) in [6, 6.07) is 13.3. The first-order valence-corrected chi connectivity index (χ1v) is 8.35. The van der Waals surface area contributed by atoms with Gasteiger partial charge in [0.15, 0.2) is 6.61 Å². The average molecular weight is 343 g/mol. The number of carbonyl (C=O) groups is 2. The van der Waals surface area contributed by atoms with Crippen LogP contribution in [-0.4, -0.2) is 18.5 Å². The lowest BCUT2D eigenvalue weighted by Crippen LogP contribution is -2.21. The Morgan fingerprint density at radius 3 is 2.52 bits per heavy atom. The molecule has 25 heavy (non-hydrogen) atoms. The minimum absolute atomic E-state index is 0.0723. The van der Waals surface area contributed by atoms with E-state index < -0.39 is 17.7 Å². The van der Waals surface area contributed by atoms with Crippen LogP contribution < -0.4 is 5.32 Å². The van der Waals surface area contributed by atoms with Crippen LogP contribution in [0.15, 0.2) is 48.5 Å². The SMILES string of the molecule is CCCCc1ccc(NC(=O)COC(=O)Cc2cccc(F)c2)cc1. The molecule has 1 N–H and O–H groups in total. The third kappa shape index (κ3) is 6.75. The van der Waals surface area contributed by atoms with Gasteiger partial charge in [0.1, 0.15) is 5.82 Å². The van der Waals surface area contributed by atoms with Gasteiger partial charge in [0, 0.05) is 5.69 Å². The van der Waals surface area contributed by atoms with Crippen LogP contribution in [0.3, 0.4) is 0 Å². The maximum atomic E-state index is 13.1. The van der Waals surface area contributed by atoms with Crippen molar-refractivity contribution in [3.8, 4) is 0 Å². The highest BCUT2D eigenvalue weighted by Crippen LogP contribution is 2.12. The summed E-state index contributed by atoms with van der Waals surface area (Å²) < 4.78 is 18.0. The smallest absolute Gasteiger partial charge is 0.310 e. The Labute approximate surface area is 147 Å². The number of nitrogens with one attached hydrogen (secondary N) is 1. The number of esters is 1. The molecule has 0 aromatic heterocycles. The van der Waals surface area contributed by atoms with Crippen LogP contribution in [0.1, 0.15) is 30.9 Å². The molecule has 0 heterocycles. The Morgan fingerprint density at radius 1 is 1.08 bits per heavy atom. The highest BCUT2D eigenvalue weighted by molar-refractivity contribution is 5.92. The third-order valence-electron chi connectivity index (χ3n) is 3.66. The van der Waals surface area contributed by atoms with E-state index in [1.165, 1.54) is 23.8 Å². The monoisotopic (exact) mass is 343 g/mol. The number of carbonyl (C=O) groups excluding carboxylic acids is 2. The van der Waals surface area contributed by atoms with Gasteiger partial charge in [0.25, 0.3) is 5.91 Å². The van der Waals surface area contributed by atoms with Crippen molar-refractivity contribution >= 4 is 17.6 Å². The van der Waals surface area contributed by atoms with Gasteiger partial charge in [-0.2, -0.15) is 0 Å². The molecular formula is C20H22FNO3. The Morgan fingerprint density at radius 2 is 1.84 bits per heavy atom. The Hall–Kier alpha value is -2.69. The molecule has 5 heteroatoms. The van der Waals surface area contributed by atoms with Crippen molar-refractivity contribution < 1.29 is 18.7 Å². The lowest BCUT2D eigenvalue weighted by Gasteiger charge is -2.08. The van der Waals surface area contributed by atoms with Crippen molar-refractivity contribution in [2.75, 3.05) is 11.9 Å². The van der Waals surface area contributed by atoms with E-state index in [0.717, 1.165) is 19.3 Å². The standard InChI is InChI=1S/C20H22FNO3/c1-2-3-5-15-8-10-18(11-9-15)22-19(23)14-25-20(24)13-16-6-4-7-17(21)12-16/h4,6-12H,2-3,5,13-14H2,1H3,(H,22,23). The van der Waals surface area contributed by atoms with Crippen molar-refractivity contribution in [2.24, 2.45) is 0 Å². The molecule has 2 aromatic rings. The summed E-state index contributed by atoms with van der Waals surface area (Å²) in [6.45, 7) is 1.77. The molecule has 0 atom stereocenters. The van der Waals surface area contributed by atoms with Gasteiger partial charge in [-0.3, -0.25) is 9.59 Å². The molecule has 0 saturated carbocycles. The topological polar surface area (TPSA) is 55.4 Å². The van der Waals surface area contributed by atoms with Crippen molar-refractivity contribution in [1.29, 1.82) is 0 Å². The molecule has 2 aromatic carbocycles. The van der Waals surface area contributed by atoms with Crippen LogP contribution in [0.4, 0.5) is 10.1 Å². The number of rotatable bonds is 8. The van der Waals surface area contributed by atoms with Crippen LogP contribution in [0.2, 0.25) is 0 Å². The van der Waals surface area contributed by atoms with Crippen LogP contribution in [0, 0.1) is 5.82 Å². The number of hydrogen-bond acceptors (Lipinski definition) is 3. The lowest BCUT2D eigenvalue weighted by molar-refractivity contribution is -0.146. The highest BCUT2D eigenvalue weighted by Gasteiger charge is 2.09. The molecule has 4 nitrogen and oxygen atoms in total. The summed E-state index contributed by atoms with van der Waals surface area (Å²) in [7, 11) is 0. The molecule has 0 aliphatic carbocycles. The van der Waals surface area contributed by atoms with Gasteiger partial charge in [-0.1, -0.05) is 37.6 Å². The summed E-state index contributed by atoms with van der Waals surface area (Å²) in [6.07, 6.45) is 3.21. The Kier molecular flexibility index (Phi) is 7.14. The number of aryl methyl sites for hydroxylation is 1. The van der Waals surface area contributed by atoms with Gasteiger partial charge in [-0.05, 0) is 48.2 Å². The highest BCUT2D eigenvalue weighted by atomic mass is 19.1. The van der Waals surface area contributed by atoms with Crippen LogP contribution >= 0.6 is 0 Å². The van der Waals surface area contributed by atoms with Crippen LogP contribution in [0.5, 0.6) is 0 Å². The molecule has 1 amide bonds. The fourth-order valence-electron chi connectivity index (χ4n) is 2.34. The molecule has 2 rings (SSSR count). The Bertz CT molecular complexity index is 713. The number of hydrogen-bond donors (Lipinski definition) is 1. The van der Waals surface area contributed by atoms with E-state index in [9.17, 15) is 14.0 Å². The van der Waals surface area contributed by atoms with Gasteiger partial charge in [0.05, 0.1) is 6.42 Å². The number of unbranched alkanes of at least 4 members (excludes halogenated alkanes) is 1. The fraction of sp³-hybridized carbons (Fsp3) is 0.300. The zero-order valence-electron chi connectivity index (χ0n) is 14.3. The molecule has 0 unspecified atom stereocenters. The minimum atomic E-state index is -0.573. The van der Waals surface area contributed by atoms with Gasteiger partial charge in [-0.15, -0.1) is 0 Å². The molecule has 0 aliphatic heterocycles. The Balaban J connectivity index is 1.75. The predicted octanol–water partition coefficient (Wildman–Crippen LogP) is 3.89. The molecule has 0 bridgehead atoms. The summed E-state index contributed by atoms with van der Waals surface area (Å²) in [4.78, 5) is 23.5. The van der Waals surface area contributed by atoms with E-state index >= 15 is 0 Å².